The molecule has 0 aromatic carbocycles. The maximum Gasteiger partial charge on any atom is 0.359 e. The molecule has 0 fully saturated rings. The van der Waals surface area contributed by atoms with E-state index in [4.69, 9.17) is 0 Å². The molecule has 0 N–H and O–H groups in total. The second-order valence-electron chi connectivity index (χ2n) is 3.32. The highest BCUT2D eigenvalue weighted by atomic mass is 79.9. The van der Waals surface area contributed by atoms with Gasteiger partial charge < -0.3 is 9.64 Å². The molecule has 92 valence electrons. The third-order valence-electron chi connectivity index (χ3n) is 1.70. The summed E-state index contributed by atoms with van der Waals surface area (Å²) in [5.74, 6) is -1.38. The summed E-state index contributed by atoms with van der Waals surface area (Å²) in [6, 6.07) is 1.13. The van der Waals surface area contributed by atoms with Crippen LogP contribution in [-0.4, -0.2) is 43.4 Å². The lowest BCUT2D eigenvalue weighted by molar-refractivity contribution is 0.0588. The molecule has 0 aliphatic rings. The monoisotopic (exact) mass is 303 g/mol. The number of nitrogens with zero attached hydrogens (tertiary/aromatic N) is 3. The van der Waals surface area contributed by atoms with Crippen molar-refractivity contribution in [1.82, 2.24) is 9.88 Å². The van der Waals surface area contributed by atoms with Gasteiger partial charge in [-0.2, -0.15) is 0 Å². The van der Waals surface area contributed by atoms with Crippen molar-refractivity contribution in [3.05, 3.63) is 22.1 Å². The maximum atomic E-state index is 13.4. The fourth-order valence-electron chi connectivity index (χ4n) is 0.957. The van der Waals surface area contributed by atoms with Crippen molar-refractivity contribution >= 4 is 34.1 Å². The van der Waals surface area contributed by atoms with Gasteiger partial charge in [-0.25, -0.2) is 19.2 Å². The molecule has 0 aliphatic carbocycles. The van der Waals surface area contributed by atoms with E-state index in [1.54, 1.807) is 19.0 Å². The summed E-state index contributed by atoms with van der Waals surface area (Å²) in [4.78, 5) is 20.7. The van der Waals surface area contributed by atoms with E-state index in [1.807, 2.05) is 0 Å². The number of aliphatic imine (C=N–C) groups is 1. The maximum absolute atomic E-state index is 13.4. The standard InChI is InChI=1S/C10H11BrFN3O2/c1-15(2)5-13-9-6(11)4-7(12)8(14-9)10(16)17-3/h4-5H,1-3H3/b13-5+. The van der Waals surface area contributed by atoms with E-state index in [1.165, 1.54) is 6.34 Å². The zero-order chi connectivity index (χ0) is 13.0. The summed E-state index contributed by atoms with van der Waals surface area (Å²) in [7, 11) is 4.72. The first-order valence-electron chi connectivity index (χ1n) is 4.60. The van der Waals surface area contributed by atoms with Crippen LogP contribution in [0, 0.1) is 5.82 Å². The van der Waals surface area contributed by atoms with Crippen LogP contribution in [0.2, 0.25) is 0 Å². The molecule has 1 aromatic heterocycles. The predicted molar refractivity (Wildman–Crippen MR) is 65.1 cm³/mol. The Morgan fingerprint density at radius 3 is 2.82 bits per heavy atom. The number of carbonyl (C=O) groups is 1. The first-order chi connectivity index (χ1) is 7.95. The number of aromatic nitrogens is 1. The van der Waals surface area contributed by atoms with Crippen LogP contribution in [0.25, 0.3) is 0 Å². The lowest BCUT2D eigenvalue weighted by atomic mass is 10.3. The quantitative estimate of drug-likeness (QED) is 0.487. The number of methoxy groups -OCH3 is 1. The third kappa shape index (κ3) is 3.48. The minimum atomic E-state index is -0.837. The Labute approximate surface area is 106 Å². The highest BCUT2D eigenvalue weighted by molar-refractivity contribution is 9.10. The van der Waals surface area contributed by atoms with Crippen LogP contribution in [-0.2, 0) is 4.74 Å². The van der Waals surface area contributed by atoms with E-state index < -0.39 is 11.8 Å². The molecule has 1 rings (SSSR count). The molecule has 0 amide bonds. The Hall–Kier alpha value is -1.50. The number of carbonyl (C=O) groups excluding carboxylic acids is 1. The Bertz CT molecular complexity index is 463. The first-order valence-corrected chi connectivity index (χ1v) is 5.40. The van der Waals surface area contributed by atoms with E-state index in [9.17, 15) is 9.18 Å². The van der Waals surface area contributed by atoms with Crippen LogP contribution < -0.4 is 0 Å². The Morgan fingerprint density at radius 2 is 2.29 bits per heavy atom. The molecular formula is C10H11BrFN3O2. The third-order valence-corrected chi connectivity index (χ3v) is 2.28. The number of rotatable bonds is 3. The van der Waals surface area contributed by atoms with Crippen LogP contribution in [0.15, 0.2) is 15.5 Å². The predicted octanol–water partition coefficient (Wildman–Crippen LogP) is 1.99. The van der Waals surface area contributed by atoms with Crippen LogP contribution >= 0.6 is 15.9 Å². The van der Waals surface area contributed by atoms with Crippen molar-refractivity contribution in [3.8, 4) is 0 Å². The normalized spacial score (nSPS) is 10.6. The molecule has 5 nitrogen and oxygen atoms in total. The molecule has 0 atom stereocenters. The number of halogens is 2. The topological polar surface area (TPSA) is 54.8 Å². The fourth-order valence-corrected chi connectivity index (χ4v) is 1.35. The Kier molecular flexibility index (Phi) is 4.56. The van der Waals surface area contributed by atoms with Crippen LogP contribution in [0.4, 0.5) is 10.2 Å². The van der Waals surface area contributed by atoms with Crippen LogP contribution in [0.3, 0.4) is 0 Å². The summed E-state index contributed by atoms with van der Waals surface area (Å²) >= 11 is 3.12. The van der Waals surface area contributed by atoms with Gasteiger partial charge in [0.25, 0.3) is 0 Å². The minimum absolute atomic E-state index is 0.209. The smallest absolute Gasteiger partial charge is 0.359 e. The van der Waals surface area contributed by atoms with E-state index in [0.29, 0.717) is 4.47 Å². The average molecular weight is 304 g/mol. The summed E-state index contributed by atoms with van der Waals surface area (Å²) in [5.41, 5.74) is -0.387. The van der Waals surface area contributed by atoms with Gasteiger partial charge in [0.15, 0.2) is 17.3 Å². The summed E-state index contributed by atoms with van der Waals surface area (Å²) in [6.45, 7) is 0. The van der Waals surface area contributed by atoms with Crippen LogP contribution in [0.5, 0.6) is 0 Å². The SMILES string of the molecule is COC(=O)c1nc(/N=C/N(C)C)c(Br)cc1F. The minimum Gasteiger partial charge on any atom is -0.464 e. The lowest BCUT2D eigenvalue weighted by Gasteiger charge is -2.05. The Balaban J connectivity index is 3.19. The van der Waals surface area contributed by atoms with E-state index in [0.717, 1.165) is 13.2 Å². The van der Waals surface area contributed by atoms with Crippen molar-refractivity contribution in [2.45, 2.75) is 0 Å². The molecule has 0 aliphatic heterocycles. The van der Waals surface area contributed by atoms with Gasteiger partial charge in [-0.1, -0.05) is 0 Å². The van der Waals surface area contributed by atoms with Crippen molar-refractivity contribution in [2.24, 2.45) is 4.99 Å². The molecule has 0 bridgehead atoms. The summed E-state index contributed by atoms with van der Waals surface area (Å²) < 4.78 is 18.2. The molecular weight excluding hydrogens is 293 g/mol. The summed E-state index contributed by atoms with van der Waals surface area (Å²) in [5, 5.41) is 0. The van der Waals surface area contributed by atoms with Gasteiger partial charge in [-0.15, -0.1) is 0 Å². The molecule has 0 saturated heterocycles. The highest BCUT2D eigenvalue weighted by Gasteiger charge is 2.17. The van der Waals surface area contributed by atoms with Crippen molar-refractivity contribution in [3.63, 3.8) is 0 Å². The van der Waals surface area contributed by atoms with Crippen LogP contribution in [0.1, 0.15) is 10.5 Å². The van der Waals surface area contributed by atoms with Gasteiger partial charge >= 0.3 is 5.97 Å². The summed E-state index contributed by atoms with van der Waals surface area (Å²) in [6.07, 6.45) is 1.49. The largest absolute Gasteiger partial charge is 0.464 e. The van der Waals surface area contributed by atoms with Crippen molar-refractivity contribution in [1.29, 1.82) is 0 Å². The number of esters is 1. The number of hydrogen-bond donors (Lipinski definition) is 0. The Morgan fingerprint density at radius 1 is 1.65 bits per heavy atom. The molecule has 7 heteroatoms. The molecule has 0 saturated carbocycles. The zero-order valence-electron chi connectivity index (χ0n) is 9.57. The van der Waals surface area contributed by atoms with Gasteiger partial charge in [0.2, 0.25) is 0 Å². The van der Waals surface area contributed by atoms with Gasteiger partial charge in [0.05, 0.1) is 17.9 Å². The molecule has 1 heterocycles. The molecule has 1 aromatic rings. The number of ether oxygens (including phenoxy) is 1. The van der Waals surface area contributed by atoms with E-state index >= 15 is 0 Å². The zero-order valence-corrected chi connectivity index (χ0v) is 11.2. The van der Waals surface area contributed by atoms with E-state index in [2.05, 4.69) is 30.6 Å². The van der Waals surface area contributed by atoms with Crippen molar-refractivity contribution in [2.75, 3.05) is 21.2 Å². The molecule has 0 radical (unpaired) electrons. The number of pyridine rings is 1. The number of hydrogen-bond acceptors (Lipinski definition) is 4. The van der Waals surface area contributed by atoms with E-state index in [-0.39, 0.29) is 11.5 Å². The first kappa shape index (κ1) is 13.6. The van der Waals surface area contributed by atoms with Gasteiger partial charge in [-0.05, 0) is 22.0 Å². The lowest BCUT2D eigenvalue weighted by Crippen LogP contribution is -2.09. The van der Waals surface area contributed by atoms with Gasteiger partial charge in [0, 0.05) is 14.1 Å². The molecule has 0 spiro atoms. The highest BCUT2D eigenvalue weighted by Crippen LogP contribution is 2.25. The van der Waals surface area contributed by atoms with Crippen molar-refractivity contribution < 1.29 is 13.9 Å². The van der Waals surface area contributed by atoms with Gasteiger partial charge in [0.1, 0.15) is 0 Å². The average Bonchev–Trinajstić information content (AvgIpc) is 2.26. The second kappa shape index (κ2) is 5.72. The molecule has 17 heavy (non-hydrogen) atoms. The fraction of sp³-hybridized carbons (Fsp3) is 0.300. The van der Waals surface area contributed by atoms with Gasteiger partial charge in [-0.3, -0.25) is 0 Å². The molecule has 0 unspecified atom stereocenters. The second-order valence-corrected chi connectivity index (χ2v) is 4.18.